The van der Waals surface area contributed by atoms with Gasteiger partial charge in [0.05, 0.1) is 6.42 Å². The summed E-state index contributed by atoms with van der Waals surface area (Å²) in [5.41, 5.74) is 1.50. The third-order valence-electron chi connectivity index (χ3n) is 2.66. The minimum absolute atomic E-state index is 0.0632. The van der Waals surface area contributed by atoms with Gasteiger partial charge in [-0.3, -0.25) is 14.6 Å². The summed E-state index contributed by atoms with van der Waals surface area (Å²) in [6.07, 6.45) is 3.83. The maximum absolute atomic E-state index is 11.7. The maximum atomic E-state index is 11.7. The molecule has 1 aromatic rings. The average Bonchev–Trinajstić information content (AvgIpc) is 3.12. The highest BCUT2D eigenvalue weighted by atomic mass is 16.4. The fourth-order valence-electron chi connectivity index (χ4n) is 1.58. The SMILES string of the molecule is O=C(O)CCNC(=O)c1ccnc(C2CC2)c1. The van der Waals surface area contributed by atoms with Crippen LogP contribution in [-0.4, -0.2) is 28.5 Å². The number of rotatable bonds is 5. The molecule has 0 atom stereocenters. The molecule has 0 spiro atoms. The van der Waals surface area contributed by atoms with Crippen molar-refractivity contribution in [3.63, 3.8) is 0 Å². The van der Waals surface area contributed by atoms with E-state index in [0.29, 0.717) is 11.5 Å². The Hall–Kier alpha value is -1.91. The van der Waals surface area contributed by atoms with Crippen LogP contribution in [0.2, 0.25) is 0 Å². The highest BCUT2D eigenvalue weighted by Crippen LogP contribution is 2.38. The minimum Gasteiger partial charge on any atom is -0.481 e. The molecule has 2 rings (SSSR count). The first-order valence-corrected chi connectivity index (χ1v) is 5.63. The molecule has 90 valence electrons. The first-order chi connectivity index (χ1) is 8.16. The summed E-state index contributed by atoms with van der Waals surface area (Å²) >= 11 is 0. The summed E-state index contributed by atoms with van der Waals surface area (Å²) in [4.78, 5) is 26.2. The second-order valence-corrected chi connectivity index (χ2v) is 4.14. The number of aliphatic carboxylic acids is 1. The van der Waals surface area contributed by atoms with E-state index in [9.17, 15) is 9.59 Å². The van der Waals surface area contributed by atoms with Crippen molar-refractivity contribution in [3.05, 3.63) is 29.6 Å². The number of carboxylic acid groups (broad SMARTS) is 1. The molecule has 1 aliphatic rings. The van der Waals surface area contributed by atoms with Crippen molar-refractivity contribution in [3.8, 4) is 0 Å². The van der Waals surface area contributed by atoms with E-state index < -0.39 is 5.97 Å². The summed E-state index contributed by atoms with van der Waals surface area (Å²) in [5, 5.41) is 11.0. The standard InChI is InChI=1S/C12H14N2O3/c15-11(16)4-6-14-12(17)9-3-5-13-10(7-9)8-1-2-8/h3,5,7-8H,1-2,4,6H2,(H,14,17)(H,15,16). The summed E-state index contributed by atoms with van der Waals surface area (Å²) in [7, 11) is 0. The van der Waals surface area contributed by atoms with Crippen LogP contribution in [0.1, 0.15) is 41.2 Å². The van der Waals surface area contributed by atoms with Crippen molar-refractivity contribution in [2.24, 2.45) is 0 Å². The smallest absolute Gasteiger partial charge is 0.305 e. The van der Waals surface area contributed by atoms with Crippen molar-refractivity contribution in [2.45, 2.75) is 25.2 Å². The Morgan fingerprint density at radius 3 is 2.88 bits per heavy atom. The first-order valence-electron chi connectivity index (χ1n) is 5.63. The van der Waals surface area contributed by atoms with Gasteiger partial charge in [0.2, 0.25) is 0 Å². The quantitative estimate of drug-likeness (QED) is 0.801. The van der Waals surface area contributed by atoms with Crippen LogP contribution in [-0.2, 0) is 4.79 Å². The van der Waals surface area contributed by atoms with E-state index in [1.54, 1.807) is 18.3 Å². The Morgan fingerprint density at radius 1 is 1.47 bits per heavy atom. The third kappa shape index (κ3) is 3.27. The lowest BCUT2D eigenvalue weighted by atomic mass is 10.1. The topological polar surface area (TPSA) is 79.3 Å². The molecule has 0 aliphatic heterocycles. The monoisotopic (exact) mass is 234 g/mol. The van der Waals surface area contributed by atoms with Gasteiger partial charge in [-0.1, -0.05) is 0 Å². The van der Waals surface area contributed by atoms with Crippen LogP contribution >= 0.6 is 0 Å². The molecule has 17 heavy (non-hydrogen) atoms. The number of carbonyl (C=O) groups is 2. The summed E-state index contributed by atoms with van der Waals surface area (Å²) in [6, 6.07) is 3.43. The van der Waals surface area contributed by atoms with Gasteiger partial charge in [0.25, 0.3) is 5.91 Å². The van der Waals surface area contributed by atoms with E-state index >= 15 is 0 Å². The molecule has 0 bridgehead atoms. The summed E-state index contributed by atoms with van der Waals surface area (Å²) < 4.78 is 0. The number of pyridine rings is 1. The Labute approximate surface area is 98.9 Å². The zero-order valence-corrected chi connectivity index (χ0v) is 9.35. The van der Waals surface area contributed by atoms with Gasteiger partial charge in [-0.2, -0.15) is 0 Å². The predicted molar refractivity (Wildman–Crippen MR) is 60.8 cm³/mol. The van der Waals surface area contributed by atoms with Gasteiger partial charge in [-0.05, 0) is 25.0 Å². The van der Waals surface area contributed by atoms with Gasteiger partial charge in [0.1, 0.15) is 0 Å². The molecule has 0 aromatic carbocycles. The molecule has 5 nitrogen and oxygen atoms in total. The number of nitrogens with zero attached hydrogens (tertiary/aromatic N) is 1. The highest BCUT2D eigenvalue weighted by molar-refractivity contribution is 5.94. The molecule has 0 radical (unpaired) electrons. The van der Waals surface area contributed by atoms with Crippen LogP contribution in [0.15, 0.2) is 18.3 Å². The second kappa shape index (κ2) is 4.95. The molecular weight excluding hydrogens is 220 g/mol. The van der Waals surface area contributed by atoms with E-state index in [-0.39, 0.29) is 18.9 Å². The minimum atomic E-state index is -0.918. The normalized spacial score (nSPS) is 14.4. The Kier molecular flexibility index (Phi) is 3.37. The number of carbonyl (C=O) groups excluding carboxylic acids is 1. The number of hydrogen-bond donors (Lipinski definition) is 2. The zero-order valence-electron chi connectivity index (χ0n) is 9.35. The van der Waals surface area contributed by atoms with Gasteiger partial charge in [0, 0.05) is 29.9 Å². The number of hydrogen-bond acceptors (Lipinski definition) is 3. The lowest BCUT2D eigenvalue weighted by Crippen LogP contribution is -2.26. The fourth-order valence-corrected chi connectivity index (χ4v) is 1.58. The van der Waals surface area contributed by atoms with Crippen LogP contribution < -0.4 is 5.32 Å². The van der Waals surface area contributed by atoms with Crippen molar-refractivity contribution >= 4 is 11.9 Å². The molecule has 1 aromatic heterocycles. The molecule has 1 aliphatic carbocycles. The fraction of sp³-hybridized carbons (Fsp3) is 0.417. The third-order valence-corrected chi connectivity index (χ3v) is 2.66. The second-order valence-electron chi connectivity index (χ2n) is 4.14. The number of aromatic nitrogens is 1. The van der Waals surface area contributed by atoms with E-state index in [1.165, 1.54) is 0 Å². The maximum Gasteiger partial charge on any atom is 0.305 e. The molecule has 1 fully saturated rings. The Morgan fingerprint density at radius 2 is 2.24 bits per heavy atom. The lowest BCUT2D eigenvalue weighted by molar-refractivity contribution is -0.136. The van der Waals surface area contributed by atoms with Gasteiger partial charge in [-0.25, -0.2) is 0 Å². The van der Waals surface area contributed by atoms with Crippen molar-refractivity contribution in [2.75, 3.05) is 6.54 Å². The zero-order chi connectivity index (χ0) is 12.3. The molecule has 2 N–H and O–H groups in total. The van der Waals surface area contributed by atoms with Gasteiger partial charge in [0.15, 0.2) is 0 Å². The molecule has 5 heteroatoms. The molecule has 0 saturated heterocycles. The van der Waals surface area contributed by atoms with Gasteiger partial charge in [-0.15, -0.1) is 0 Å². The van der Waals surface area contributed by atoms with Gasteiger partial charge < -0.3 is 10.4 Å². The first kappa shape index (κ1) is 11.6. The van der Waals surface area contributed by atoms with Crippen molar-refractivity contribution in [1.29, 1.82) is 0 Å². The number of carboxylic acids is 1. The van der Waals surface area contributed by atoms with Crippen molar-refractivity contribution in [1.82, 2.24) is 10.3 Å². The molecule has 1 saturated carbocycles. The van der Waals surface area contributed by atoms with Gasteiger partial charge >= 0.3 is 5.97 Å². The number of nitrogens with one attached hydrogen (secondary N) is 1. The van der Waals surface area contributed by atoms with Crippen LogP contribution in [0.25, 0.3) is 0 Å². The van der Waals surface area contributed by atoms with E-state index in [4.69, 9.17) is 5.11 Å². The highest BCUT2D eigenvalue weighted by Gasteiger charge is 2.25. The van der Waals surface area contributed by atoms with E-state index in [1.807, 2.05) is 0 Å². The van der Waals surface area contributed by atoms with E-state index in [2.05, 4.69) is 10.3 Å². The summed E-state index contributed by atoms with van der Waals surface area (Å²) in [6.45, 7) is 0.148. The largest absolute Gasteiger partial charge is 0.481 e. The molecule has 0 unspecified atom stereocenters. The molecular formula is C12H14N2O3. The molecule has 1 amide bonds. The molecule has 1 heterocycles. The van der Waals surface area contributed by atoms with Crippen LogP contribution in [0, 0.1) is 0 Å². The lowest BCUT2D eigenvalue weighted by Gasteiger charge is -2.04. The summed E-state index contributed by atoms with van der Waals surface area (Å²) in [5.74, 6) is -0.656. The van der Waals surface area contributed by atoms with Crippen molar-refractivity contribution < 1.29 is 14.7 Å². The Balaban J connectivity index is 1.93. The predicted octanol–water partition coefficient (Wildman–Crippen LogP) is 1.16. The van der Waals surface area contributed by atoms with Crippen LogP contribution in [0.4, 0.5) is 0 Å². The van der Waals surface area contributed by atoms with E-state index in [0.717, 1.165) is 18.5 Å². The van der Waals surface area contributed by atoms with Crippen LogP contribution in [0.5, 0.6) is 0 Å². The van der Waals surface area contributed by atoms with Crippen LogP contribution in [0.3, 0.4) is 0 Å². The average molecular weight is 234 g/mol. The Bertz CT molecular complexity index is 441. The number of amides is 1.